The maximum atomic E-state index is 11.1. The predicted octanol–water partition coefficient (Wildman–Crippen LogP) is 4.19. The lowest BCUT2D eigenvalue weighted by atomic mass is 10.00. The summed E-state index contributed by atoms with van der Waals surface area (Å²) >= 11 is 1.70. The molecule has 0 saturated carbocycles. The van der Waals surface area contributed by atoms with Crippen molar-refractivity contribution in [2.75, 3.05) is 18.6 Å². The van der Waals surface area contributed by atoms with E-state index in [9.17, 15) is 4.79 Å². The highest BCUT2D eigenvalue weighted by Crippen LogP contribution is 2.31. The topological polar surface area (TPSA) is 52.3 Å². The quantitative estimate of drug-likeness (QED) is 0.470. The molecule has 0 spiro atoms. The van der Waals surface area contributed by atoms with Crippen LogP contribution in [0.5, 0.6) is 5.75 Å². The molecule has 0 aliphatic heterocycles. The van der Waals surface area contributed by atoms with Crippen LogP contribution in [0.4, 0.5) is 5.69 Å². The largest absolute Gasteiger partial charge is 0.497 e. The third-order valence-corrected chi connectivity index (χ3v) is 5.15. The van der Waals surface area contributed by atoms with Crippen LogP contribution in [0.25, 0.3) is 0 Å². The standard InChI is InChI=1S/C19H23NO2S/c1-19(2,12-21)13-23-18-9-6-16(20)11-15(18)10-14-4-7-17(22-3)8-5-14/h4-9,11-12H,10,13,20H2,1-3H3. The van der Waals surface area contributed by atoms with Gasteiger partial charge in [-0.1, -0.05) is 26.0 Å². The van der Waals surface area contributed by atoms with Crippen molar-refractivity contribution in [3.8, 4) is 5.75 Å². The van der Waals surface area contributed by atoms with E-state index in [-0.39, 0.29) is 5.41 Å². The second-order valence-electron chi connectivity index (χ2n) is 6.29. The van der Waals surface area contributed by atoms with Gasteiger partial charge >= 0.3 is 0 Å². The first-order chi connectivity index (χ1) is 10.9. The number of carbonyl (C=O) groups is 1. The van der Waals surface area contributed by atoms with Crippen LogP contribution in [0.1, 0.15) is 25.0 Å². The predicted molar refractivity (Wildman–Crippen MR) is 97.2 cm³/mol. The number of hydrogen-bond acceptors (Lipinski definition) is 4. The van der Waals surface area contributed by atoms with Gasteiger partial charge in [-0.15, -0.1) is 11.8 Å². The van der Waals surface area contributed by atoms with Crippen molar-refractivity contribution < 1.29 is 9.53 Å². The molecule has 122 valence electrons. The summed E-state index contributed by atoms with van der Waals surface area (Å²) < 4.78 is 5.19. The number of nitrogens with two attached hydrogens (primary N) is 1. The molecule has 23 heavy (non-hydrogen) atoms. The van der Waals surface area contributed by atoms with Crippen molar-refractivity contribution in [2.24, 2.45) is 5.41 Å². The van der Waals surface area contributed by atoms with E-state index in [1.165, 1.54) is 16.0 Å². The number of thioether (sulfide) groups is 1. The molecule has 0 saturated heterocycles. The minimum absolute atomic E-state index is 0.330. The number of rotatable bonds is 7. The Kier molecular flexibility index (Phi) is 5.72. The lowest BCUT2D eigenvalue weighted by molar-refractivity contribution is -0.113. The Hall–Kier alpha value is -1.94. The zero-order chi connectivity index (χ0) is 16.9. The first-order valence-corrected chi connectivity index (χ1v) is 8.52. The average Bonchev–Trinajstić information content (AvgIpc) is 2.55. The van der Waals surface area contributed by atoms with Crippen molar-refractivity contribution in [3.05, 3.63) is 53.6 Å². The minimum atomic E-state index is -0.330. The number of nitrogen functional groups attached to an aromatic ring is 1. The van der Waals surface area contributed by atoms with Gasteiger partial charge in [-0.25, -0.2) is 0 Å². The van der Waals surface area contributed by atoms with Crippen LogP contribution in [-0.2, 0) is 11.2 Å². The second-order valence-corrected chi connectivity index (χ2v) is 7.30. The van der Waals surface area contributed by atoms with Gasteiger partial charge < -0.3 is 15.3 Å². The van der Waals surface area contributed by atoms with Crippen molar-refractivity contribution in [2.45, 2.75) is 25.2 Å². The van der Waals surface area contributed by atoms with Crippen molar-refractivity contribution in [1.29, 1.82) is 0 Å². The van der Waals surface area contributed by atoms with E-state index < -0.39 is 0 Å². The van der Waals surface area contributed by atoms with Crippen molar-refractivity contribution in [3.63, 3.8) is 0 Å². The molecular weight excluding hydrogens is 306 g/mol. The van der Waals surface area contributed by atoms with Gasteiger partial charge in [0.05, 0.1) is 7.11 Å². The van der Waals surface area contributed by atoms with E-state index in [1.54, 1.807) is 18.9 Å². The monoisotopic (exact) mass is 329 g/mol. The van der Waals surface area contributed by atoms with Gasteiger partial charge in [-0.2, -0.15) is 0 Å². The number of hydrogen-bond donors (Lipinski definition) is 1. The van der Waals surface area contributed by atoms with Gasteiger partial charge in [-0.3, -0.25) is 0 Å². The van der Waals surface area contributed by atoms with Gasteiger partial charge in [0.1, 0.15) is 12.0 Å². The Balaban J connectivity index is 2.19. The number of carbonyl (C=O) groups excluding carboxylic acids is 1. The fourth-order valence-corrected chi connectivity index (χ4v) is 3.22. The van der Waals surface area contributed by atoms with Crippen LogP contribution < -0.4 is 10.5 Å². The zero-order valence-electron chi connectivity index (χ0n) is 13.8. The third kappa shape index (κ3) is 5.03. The highest BCUT2D eigenvalue weighted by molar-refractivity contribution is 7.99. The van der Waals surface area contributed by atoms with Crippen LogP contribution >= 0.6 is 11.8 Å². The van der Waals surface area contributed by atoms with Crippen LogP contribution in [0, 0.1) is 5.41 Å². The summed E-state index contributed by atoms with van der Waals surface area (Å²) in [6, 6.07) is 14.0. The molecule has 0 bridgehead atoms. The van der Waals surface area contributed by atoms with Crippen LogP contribution in [0.2, 0.25) is 0 Å². The van der Waals surface area contributed by atoms with Crippen molar-refractivity contribution >= 4 is 23.7 Å². The molecule has 0 amide bonds. The molecule has 0 atom stereocenters. The number of benzene rings is 2. The highest BCUT2D eigenvalue weighted by Gasteiger charge is 2.17. The fourth-order valence-electron chi connectivity index (χ4n) is 2.14. The fraction of sp³-hybridized carbons (Fsp3) is 0.316. The van der Waals surface area contributed by atoms with E-state index in [0.29, 0.717) is 0 Å². The van der Waals surface area contributed by atoms with E-state index in [4.69, 9.17) is 10.5 Å². The SMILES string of the molecule is COc1ccc(Cc2cc(N)ccc2SCC(C)(C)C=O)cc1. The summed E-state index contributed by atoms with van der Waals surface area (Å²) in [7, 11) is 1.66. The molecule has 3 nitrogen and oxygen atoms in total. The number of ether oxygens (including phenoxy) is 1. The molecule has 0 unspecified atom stereocenters. The molecule has 2 N–H and O–H groups in total. The smallest absolute Gasteiger partial charge is 0.126 e. The Morgan fingerprint density at radius 1 is 1.17 bits per heavy atom. The van der Waals surface area contributed by atoms with Gasteiger partial charge in [-0.05, 0) is 47.9 Å². The lowest BCUT2D eigenvalue weighted by Crippen LogP contribution is -2.16. The normalized spacial score (nSPS) is 11.3. The van der Waals surface area contributed by atoms with Gasteiger partial charge in [0, 0.05) is 21.8 Å². The summed E-state index contributed by atoms with van der Waals surface area (Å²) in [5, 5.41) is 0. The van der Waals surface area contributed by atoms with Gasteiger partial charge in [0.2, 0.25) is 0 Å². The van der Waals surface area contributed by atoms with E-state index in [0.717, 1.165) is 29.9 Å². The molecule has 0 fully saturated rings. The van der Waals surface area contributed by atoms with Gasteiger partial charge in [0.25, 0.3) is 0 Å². The summed E-state index contributed by atoms with van der Waals surface area (Å²) in [5.74, 6) is 1.60. The maximum Gasteiger partial charge on any atom is 0.126 e. The maximum absolute atomic E-state index is 11.1. The highest BCUT2D eigenvalue weighted by atomic mass is 32.2. The second kappa shape index (κ2) is 7.55. The average molecular weight is 329 g/mol. The Labute approximate surface area is 142 Å². The van der Waals surface area contributed by atoms with E-state index in [1.807, 2.05) is 44.2 Å². The van der Waals surface area contributed by atoms with Crippen LogP contribution in [0.3, 0.4) is 0 Å². The number of aldehydes is 1. The molecule has 2 aromatic rings. The molecular formula is C19H23NO2S. The molecule has 4 heteroatoms. The first kappa shape index (κ1) is 17.4. The molecule has 0 aliphatic rings. The Morgan fingerprint density at radius 2 is 1.87 bits per heavy atom. The lowest BCUT2D eigenvalue weighted by Gasteiger charge is -2.17. The number of methoxy groups -OCH3 is 1. The molecule has 2 aromatic carbocycles. The summed E-state index contributed by atoms with van der Waals surface area (Å²) in [4.78, 5) is 12.3. The summed E-state index contributed by atoms with van der Waals surface area (Å²) in [6.45, 7) is 3.90. The number of anilines is 1. The molecule has 0 heterocycles. The Morgan fingerprint density at radius 3 is 2.48 bits per heavy atom. The minimum Gasteiger partial charge on any atom is -0.497 e. The molecule has 0 aromatic heterocycles. The van der Waals surface area contributed by atoms with E-state index >= 15 is 0 Å². The van der Waals surface area contributed by atoms with Crippen LogP contribution in [-0.4, -0.2) is 19.1 Å². The molecule has 0 radical (unpaired) electrons. The first-order valence-electron chi connectivity index (χ1n) is 7.54. The zero-order valence-corrected chi connectivity index (χ0v) is 14.7. The molecule has 2 rings (SSSR count). The van der Waals surface area contributed by atoms with E-state index in [2.05, 4.69) is 12.1 Å². The van der Waals surface area contributed by atoms with Crippen LogP contribution in [0.15, 0.2) is 47.4 Å². The van der Waals surface area contributed by atoms with Crippen molar-refractivity contribution in [1.82, 2.24) is 0 Å². The third-order valence-electron chi connectivity index (χ3n) is 3.56. The van der Waals surface area contributed by atoms with Gasteiger partial charge in [0.15, 0.2) is 0 Å². The molecule has 0 aliphatic carbocycles. The Bertz CT molecular complexity index is 666. The summed E-state index contributed by atoms with van der Waals surface area (Å²) in [6.07, 6.45) is 1.82. The summed E-state index contributed by atoms with van der Waals surface area (Å²) in [5.41, 5.74) is 8.76.